The minimum atomic E-state index is -0.457. The van der Waals surface area contributed by atoms with E-state index in [1.54, 1.807) is 7.05 Å². The minimum Gasteiger partial charge on any atom is -0.385 e. The Balaban J connectivity index is 1.64. The number of aromatic amines is 1. The van der Waals surface area contributed by atoms with Gasteiger partial charge >= 0.3 is 5.69 Å². The number of benzene rings is 1. The maximum absolute atomic E-state index is 12.4. The van der Waals surface area contributed by atoms with E-state index in [1.807, 2.05) is 18.2 Å². The number of H-pyrrole nitrogens is 1. The zero-order chi connectivity index (χ0) is 20.9. The van der Waals surface area contributed by atoms with Crippen molar-refractivity contribution in [1.29, 1.82) is 0 Å². The summed E-state index contributed by atoms with van der Waals surface area (Å²) in [7, 11) is 1.62. The lowest BCUT2D eigenvalue weighted by molar-refractivity contribution is 0.659. The van der Waals surface area contributed by atoms with Gasteiger partial charge in [0.15, 0.2) is 11.2 Å². The Kier molecular flexibility index (Phi) is 4.56. The number of anilines is 1. The van der Waals surface area contributed by atoms with E-state index in [9.17, 15) is 9.59 Å². The van der Waals surface area contributed by atoms with Gasteiger partial charge in [-0.1, -0.05) is 17.7 Å². The van der Waals surface area contributed by atoms with E-state index in [4.69, 9.17) is 0 Å². The van der Waals surface area contributed by atoms with Crippen LogP contribution in [-0.4, -0.2) is 30.0 Å². The lowest BCUT2D eigenvalue weighted by Gasteiger charge is -2.11. The van der Waals surface area contributed by atoms with Crippen molar-refractivity contribution in [1.82, 2.24) is 23.5 Å². The average Bonchev–Trinajstić information content (AvgIpc) is 3.16. The van der Waals surface area contributed by atoms with Crippen molar-refractivity contribution in [3.05, 3.63) is 61.6 Å². The number of nitrogens with one attached hydrogen (secondary N) is 2. The monoisotopic (exact) mass is 394 g/mol. The highest BCUT2D eigenvalue weighted by Crippen LogP contribution is 2.21. The number of rotatable bonds is 5. The van der Waals surface area contributed by atoms with Crippen LogP contribution >= 0.6 is 0 Å². The zero-order valence-electron chi connectivity index (χ0n) is 17.5. The molecule has 8 heteroatoms. The van der Waals surface area contributed by atoms with Crippen molar-refractivity contribution >= 4 is 22.6 Å². The Hall–Kier alpha value is -3.29. The van der Waals surface area contributed by atoms with E-state index in [2.05, 4.69) is 51.9 Å². The van der Waals surface area contributed by atoms with Gasteiger partial charge in [-0.15, -0.1) is 0 Å². The van der Waals surface area contributed by atoms with Gasteiger partial charge in [-0.25, -0.2) is 4.79 Å². The molecule has 3 heterocycles. The molecular formula is C21H26N6O2. The Morgan fingerprint density at radius 3 is 2.59 bits per heavy atom. The molecule has 0 spiro atoms. The molecule has 29 heavy (non-hydrogen) atoms. The highest BCUT2D eigenvalue weighted by atomic mass is 16.2. The van der Waals surface area contributed by atoms with Crippen LogP contribution in [0, 0.1) is 27.7 Å². The lowest BCUT2D eigenvalue weighted by Crippen LogP contribution is -2.28. The van der Waals surface area contributed by atoms with E-state index in [-0.39, 0.29) is 0 Å². The number of aromatic nitrogens is 5. The van der Waals surface area contributed by atoms with Gasteiger partial charge in [0.25, 0.3) is 5.56 Å². The molecule has 0 fully saturated rings. The Morgan fingerprint density at radius 2 is 1.86 bits per heavy atom. The number of hydrogen-bond donors (Lipinski definition) is 2. The first-order valence-electron chi connectivity index (χ1n) is 9.78. The first-order valence-corrected chi connectivity index (χ1v) is 9.78. The molecule has 0 radical (unpaired) electrons. The smallest absolute Gasteiger partial charge is 0.329 e. The van der Waals surface area contributed by atoms with Crippen molar-refractivity contribution in [2.45, 2.75) is 40.7 Å². The number of aryl methyl sites for hydroxylation is 5. The summed E-state index contributed by atoms with van der Waals surface area (Å²) >= 11 is 0. The molecule has 2 N–H and O–H groups in total. The first kappa shape index (κ1) is 19.0. The maximum atomic E-state index is 12.4. The largest absolute Gasteiger partial charge is 0.385 e. The van der Waals surface area contributed by atoms with E-state index in [0.717, 1.165) is 36.6 Å². The van der Waals surface area contributed by atoms with Crippen molar-refractivity contribution in [2.75, 3.05) is 11.9 Å². The van der Waals surface area contributed by atoms with Crippen LogP contribution in [0.15, 0.2) is 27.8 Å². The molecule has 0 aliphatic rings. The molecule has 0 unspecified atom stereocenters. The van der Waals surface area contributed by atoms with Gasteiger partial charge in [-0.05, 0) is 45.7 Å². The van der Waals surface area contributed by atoms with E-state index in [0.29, 0.717) is 16.9 Å². The van der Waals surface area contributed by atoms with Gasteiger partial charge in [-0.2, -0.15) is 4.98 Å². The fourth-order valence-corrected chi connectivity index (χ4v) is 3.92. The fraction of sp³-hybridized carbons (Fsp3) is 0.381. The van der Waals surface area contributed by atoms with E-state index < -0.39 is 11.2 Å². The Morgan fingerprint density at radius 1 is 1.10 bits per heavy atom. The normalized spacial score (nSPS) is 11.6. The summed E-state index contributed by atoms with van der Waals surface area (Å²) in [4.78, 5) is 31.3. The van der Waals surface area contributed by atoms with Crippen LogP contribution in [-0.2, 0) is 13.6 Å². The molecule has 152 valence electrons. The summed E-state index contributed by atoms with van der Waals surface area (Å²) in [6.45, 7) is 9.79. The minimum absolute atomic E-state index is 0.402. The molecule has 0 atom stereocenters. The molecule has 0 amide bonds. The molecule has 0 saturated carbocycles. The molecule has 8 nitrogen and oxygen atoms in total. The summed E-state index contributed by atoms with van der Waals surface area (Å²) in [6.07, 6.45) is 0.899. The standard InChI is InChI=1S/C21H26N6O2/c1-12-7-8-16(13(2)11-12)22-9-6-10-26-14(3)15(4)27-17-18(23-20(26)27)25(5)21(29)24-19(17)28/h7-8,11,22H,6,9-10H2,1-5H3,(H,24,28,29). The van der Waals surface area contributed by atoms with Crippen LogP contribution in [0.1, 0.15) is 28.9 Å². The quantitative estimate of drug-likeness (QED) is 0.509. The fourth-order valence-electron chi connectivity index (χ4n) is 3.92. The van der Waals surface area contributed by atoms with Crippen molar-refractivity contribution in [3.63, 3.8) is 0 Å². The van der Waals surface area contributed by atoms with Crippen molar-refractivity contribution in [3.8, 4) is 0 Å². The van der Waals surface area contributed by atoms with Crippen molar-refractivity contribution < 1.29 is 0 Å². The third-order valence-electron chi connectivity index (χ3n) is 5.66. The number of hydrogen-bond acceptors (Lipinski definition) is 4. The van der Waals surface area contributed by atoms with Gasteiger partial charge in [0, 0.05) is 37.2 Å². The Bertz CT molecular complexity index is 1350. The average molecular weight is 394 g/mol. The van der Waals surface area contributed by atoms with Crippen LogP contribution in [0.5, 0.6) is 0 Å². The molecule has 4 rings (SSSR count). The molecule has 1 aromatic carbocycles. The molecule has 0 saturated heterocycles. The summed E-state index contributed by atoms with van der Waals surface area (Å²) < 4.78 is 5.34. The second-order valence-electron chi connectivity index (χ2n) is 7.66. The summed E-state index contributed by atoms with van der Waals surface area (Å²) in [5.41, 5.74) is 5.60. The van der Waals surface area contributed by atoms with Gasteiger partial charge in [0.2, 0.25) is 5.78 Å². The highest BCUT2D eigenvalue weighted by Gasteiger charge is 2.20. The van der Waals surface area contributed by atoms with Gasteiger partial charge < -0.3 is 9.88 Å². The predicted octanol–water partition coefficient (Wildman–Crippen LogP) is 2.41. The molecule has 0 aliphatic carbocycles. The van der Waals surface area contributed by atoms with E-state index in [1.165, 1.54) is 15.7 Å². The van der Waals surface area contributed by atoms with Crippen LogP contribution in [0.4, 0.5) is 5.69 Å². The van der Waals surface area contributed by atoms with Crippen LogP contribution in [0.2, 0.25) is 0 Å². The zero-order valence-corrected chi connectivity index (χ0v) is 17.5. The van der Waals surface area contributed by atoms with Crippen LogP contribution in [0.25, 0.3) is 16.9 Å². The SMILES string of the molecule is Cc1ccc(NCCCn2c(C)c(C)n3c4c(=O)[nH]c(=O)n(C)c4nc23)c(C)c1. The topological polar surface area (TPSA) is 89.1 Å². The van der Waals surface area contributed by atoms with Crippen LogP contribution < -0.4 is 16.6 Å². The first-order chi connectivity index (χ1) is 13.8. The summed E-state index contributed by atoms with van der Waals surface area (Å²) in [5, 5.41) is 3.50. The molecule has 0 aliphatic heterocycles. The van der Waals surface area contributed by atoms with Gasteiger partial charge in [-0.3, -0.25) is 18.7 Å². The second kappa shape index (κ2) is 6.95. The summed E-state index contributed by atoms with van der Waals surface area (Å²) in [6, 6.07) is 6.39. The van der Waals surface area contributed by atoms with E-state index >= 15 is 0 Å². The van der Waals surface area contributed by atoms with Gasteiger partial charge in [0.1, 0.15) is 0 Å². The Labute approximate surface area is 167 Å². The summed E-state index contributed by atoms with van der Waals surface area (Å²) in [5.74, 6) is 0.688. The molecule has 4 aromatic rings. The molecular weight excluding hydrogens is 368 g/mol. The third-order valence-corrected chi connectivity index (χ3v) is 5.66. The molecule has 0 bridgehead atoms. The second-order valence-corrected chi connectivity index (χ2v) is 7.66. The third kappa shape index (κ3) is 3.04. The number of imidazole rings is 2. The van der Waals surface area contributed by atoms with Crippen LogP contribution in [0.3, 0.4) is 0 Å². The van der Waals surface area contributed by atoms with Gasteiger partial charge in [0.05, 0.1) is 0 Å². The molecule has 3 aromatic heterocycles. The lowest BCUT2D eigenvalue weighted by atomic mass is 10.1. The number of fused-ring (bicyclic) bond motifs is 3. The highest BCUT2D eigenvalue weighted by molar-refractivity contribution is 5.76. The van der Waals surface area contributed by atoms with Crippen molar-refractivity contribution in [2.24, 2.45) is 7.05 Å². The number of nitrogens with zero attached hydrogens (tertiary/aromatic N) is 4. The maximum Gasteiger partial charge on any atom is 0.329 e. The predicted molar refractivity (Wildman–Crippen MR) is 115 cm³/mol.